The Morgan fingerprint density at radius 2 is 1.83 bits per heavy atom. The van der Waals surface area contributed by atoms with Crippen molar-refractivity contribution in [1.29, 1.82) is 10.5 Å². The highest BCUT2D eigenvalue weighted by molar-refractivity contribution is 5.86. The molecule has 0 aromatic heterocycles. The average molecular weight is 242 g/mol. The maximum Gasteiger partial charge on any atom is 0.331 e. The molecule has 0 saturated carbocycles. The second-order valence-electron chi connectivity index (χ2n) is 2.82. The van der Waals surface area contributed by atoms with Crippen LogP contribution in [0.3, 0.4) is 0 Å². The molecule has 92 valence electrons. The highest BCUT2D eigenvalue weighted by atomic mass is 16.4. The van der Waals surface area contributed by atoms with E-state index in [0.29, 0.717) is 5.57 Å². The summed E-state index contributed by atoms with van der Waals surface area (Å²) >= 11 is 0. The molecule has 0 heterocycles. The number of carbonyl (C=O) groups is 1. The Bertz CT molecular complexity index is 469. The second kappa shape index (κ2) is 12.2. The average Bonchev–Trinajstić information content (AvgIpc) is 2.38. The van der Waals surface area contributed by atoms with Gasteiger partial charge in [-0.25, -0.2) is 4.79 Å². The van der Waals surface area contributed by atoms with Gasteiger partial charge in [-0.1, -0.05) is 31.4 Å². The molecule has 0 saturated heterocycles. The lowest BCUT2D eigenvalue weighted by Gasteiger charge is -1.88. The number of carboxylic acid groups (broad SMARTS) is 1. The Labute approximate surface area is 107 Å². The largest absolute Gasteiger partial charge is 0.478 e. The highest BCUT2D eigenvalue weighted by Crippen LogP contribution is 1.99. The molecule has 0 aliphatic carbocycles. The molecule has 0 amide bonds. The van der Waals surface area contributed by atoms with Crippen LogP contribution in [0, 0.1) is 22.7 Å². The fourth-order valence-corrected chi connectivity index (χ4v) is 0.588. The van der Waals surface area contributed by atoms with E-state index < -0.39 is 5.97 Å². The van der Waals surface area contributed by atoms with Gasteiger partial charge in [0.05, 0.1) is 17.7 Å². The summed E-state index contributed by atoms with van der Waals surface area (Å²) in [7, 11) is 0. The normalized spacial score (nSPS) is 10.6. The van der Waals surface area contributed by atoms with Gasteiger partial charge in [-0.05, 0) is 19.1 Å². The van der Waals surface area contributed by atoms with Crippen LogP contribution in [0.15, 0.2) is 60.8 Å². The van der Waals surface area contributed by atoms with Gasteiger partial charge in [0.2, 0.25) is 0 Å². The Morgan fingerprint density at radius 3 is 2.17 bits per heavy atom. The van der Waals surface area contributed by atoms with Crippen LogP contribution in [-0.2, 0) is 4.79 Å². The summed E-state index contributed by atoms with van der Waals surface area (Å²) < 4.78 is 0. The first kappa shape index (κ1) is 17.5. The van der Waals surface area contributed by atoms with Gasteiger partial charge in [0, 0.05) is 11.6 Å². The Morgan fingerprint density at radius 1 is 1.28 bits per heavy atom. The van der Waals surface area contributed by atoms with Crippen molar-refractivity contribution >= 4 is 5.97 Å². The minimum absolute atomic E-state index is 0.185. The molecule has 1 N–H and O–H groups in total. The van der Waals surface area contributed by atoms with Crippen molar-refractivity contribution in [2.24, 2.45) is 0 Å². The number of hydrogen-bond acceptors (Lipinski definition) is 3. The summed E-state index contributed by atoms with van der Waals surface area (Å²) in [5.74, 6) is -0.994. The van der Waals surface area contributed by atoms with Crippen molar-refractivity contribution in [3.8, 4) is 12.1 Å². The molecule has 0 aliphatic heterocycles. The third-order valence-electron chi connectivity index (χ3n) is 1.48. The van der Waals surface area contributed by atoms with Gasteiger partial charge in [0.15, 0.2) is 0 Å². The molecule has 0 bridgehead atoms. The summed E-state index contributed by atoms with van der Waals surface area (Å²) in [5, 5.41) is 24.7. The molecule has 0 spiro atoms. The van der Waals surface area contributed by atoms with Gasteiger partial charge >= 0.3 is 5.97 Å². The van der Waals surface area contributed by atoms with Crippen molar-refractivity contribution in [1.82, 2.24) is 0 Å². The zero-order chi connectivity index (χ0) is 14.4. The predicted molar refractivity (Wildman–Crippen MR) is 70.2 cm³/mol. The number of allylic oxidation sites excluding steroid dienone is 7. The van der Waals surface area contributed by atoms with Crippen LogP contribution in [0.25, 0.3) is 0 Å². The van der Waals surface area contributed by atoms with Crippen molar-refractivity contribution < 1.29 is 9.90 Å². The first-order chi connectivity index (χ1) is 8.53. The van der Waals surface area contributed by atoms with E-state index in [1.165, 1.54) is 25.2 Å². The monoisotopic (exact) mass is 242 g/mol. The van der Waals surface area contributed by atoms with Gasteiger partial charge in [-0.3, -0.25) is 0 Å². The van der Waals surface area contributed by atoms with Gasteiger partial charge in [0.25, 0.3) is 0 Å². The predicted octanol–water partition coefficient (Wildman–Crippen LogP) is 2.91. The van der Waals surface area contributed by atoms with E-state index in [-0.39, 0.29) is 5.57 Å². The van der Waals surface area contributed by atoms with Crippen molar-refractivity contribution in [3.63, 3.8) is 0 Å². The third kappa shape index (κ3) is 11.2. The third-order valence-corrected chi connectivity index (χ3v) is 1.48. The summed E-state index contributed by atoms with van der Waals surface area (Å²) in [6.45, 7) is 8.04. The van der Waals surface area contributed by atoms with E-state index in [4.69, 9.17) is 15.6 Å². The molecular weight excluding hydrogens is 228 g/mol. The maximum atomic E-state index is 10.4. The van der Waals surface area contributed by atoms with E-state index in [2.05, 4.69) is 13.2 Å². The summed E-state index contributed by atoms with van der Waals surface area (Å²) in [5.41, 5.74) is 0.565. The molecule has 18 heavy (non-hydrogen) atoms. The minimum Gasteiger partial charge on any atom is -0.478 e. The molecule has 0 aromatic carbocycles. The Kier molecular flexibility index (Phi) is 11.9. The van der Waals surface area contributed by atoms with E-state index >= 15 is 0 Å². The molecule has 4 heteroatoms. The standard InChI is InChI=1S/C11H11NO2.C3H3N/c1-3-4-5-10(8-12)7-6-9(2)11(13)14;1-2-3-4/h3-7H,1H2,2H3,(H,13,14);2H,1H2. The molecular formula is C14H14N2O2. The maximum absolute atomic E-state index is 10.4. The molecule has 0 unspecified atom stereocenters. The van der Waals surface area contributed by atoms with Crippen molar-refractivity contribution in [2.45, 2.75) is 6.92 Å². The topological polar surface area (TPSA) is 84.9 Å². The molecule has 4 nitrogen and oxygen atoms in total. The van der Waals surface area contributed by atoms with Crippen LogP contribution in [-0.4, -0.2) is 11.1 Å². The molecule has 0 aromatic rings. The number of carboxylic acids is 1. The second-order valence-corrected chi connectivity index (χ2v) is 2.82. The lowest BCUT2D eigenvalue weighted by molar-refractivity contribution is -0.132. The number of nitrogens with zero attached hydrogens (tertiary/aromatic N) is 2. The first-order valence-electron chi connectivity index (χ1n) is 4.85. The zero-order valence-corrected chi connectivity index (χ0v) is 10.1. The molecule has 0 radical (unpaired) electrons. The quantitative estimate of drug-likeness (QED) is 0.466. The first-order valence-corrected chi connectivity index (χ1v) is 4.85. The summed E-state index contributed by atoms with van der Waals surface area (Å²) in [4.78, 5) is 10.4. The number of hydrogen-bond donors (Lipinski definition) is 1. The van der Waals surface area contributed by atoms with E-state index in [1.807, 2.05) is 6.07 Å². The Balaban J connectivity index is 0. The SMILES string of the molecule is C=CC#N.C=CC=CC(C#N)=CC=C(C)C(=O)O. The van der Waals surface area contributed by atoms with Crippen LogP contribution in [0.4, 0.5) is 0 Å². The Hall–Kier alpha value is -2.85. The fraction of sp³-hybridized carbons (Fsp3) is 0.0714. The van der Waals surface area contributed by atoms with Crippen molar-refractivity contribution in [3.05, 3.63) is 60.8 Å². The van der Waals surface area contributed by atoms with Crippen molar-refractivity contribution in [2.75, 3.05) is 0 Å². The van der Waals surface area contributed by atoms with E-state index in [0.717, 1.165) is 0 Å². The number of rotatable bonds is 4. The van der Waals surface area contributed by atoms with Crippen LogP contribution in [0.5, 0.6) is 0 Å². The van der Waals surface area contributed by atoms with Gasteiger partial charge < -0.3 is 5.11 Å². The van der Waals surface area contributed by atoms with Gasteiger partial charge in [-0.2, -0.15) is 10.5 Å². The molecule has 0 atom stereocenters. The minimum atomic E-state index is -0.994. The zero-order valence-electron chi connectivity index (χ0n) is 10.1. The van der Waals surface area contributed by atoms with Crippen LogP contribution < -0.4 is 0 Å². The smallest absolute Gasteiger partial charge is 0.331 e. The van der Waals surface area contributed by atoms with Crippen LogP contribution in [0.1, 0.15) is 6.92 Å². The number of nitriles is 2. The van der Waals surface area contributed by atoms with Gasteiger partial charge in [0.1, 0.15) is 0 Å². The van der Waals surface area contributed by atoms with Crippen LogP contribution in [0.2, 0.25) is 0 Å². The fourth-order valence-electron chi connectivity index (χ4n) is 0.588. The lowest BCUT2D eigenvalue weighted by Crippen LogP contribution is -1.94. The van der Waals surface area contributed by atoms with Crippen LogP contribution >= 0.6 is 0 Å². The molecule has 0 rings (SSSR count). The number of aliphatic carboxylic acids is 1. The highest BCUT2D eigenvalue weighted by Gasteiger charge is 1.96. The molecule has 0 fully saturated rings. The summed E-state index contributed by atoms with van der Waals surface area (Å²) in [6, 6.07) is 3.61. The lowest BCUT2D eigenvalue weighted by atomic mass is 10.2. The van der Waals surface area contributed by atoms with E-state index in [1.54, 1.807) is 24.3 Å². The van der Waals surface area contributed by atoms with Gasteiger partial charge in [-0.15, -0.1) is 0 Å². The molecule has 0 aliphatic rings. The van der Waals surface area contributed by atoms with E-state index in [9.17, 15) is 4.79 Å². The summed E-state index contributed by atoms with van der Waals surface area (Å²) in [6.07, 6.45) is 8.72.